The highest BCUT2D eigenvalue weighted by atomic mass is 35.5. The van der Waals surface area contributed by atoms with Gasteiger partial charge in [0.15, 0.2) is 0 Å². The average Bonchev–Trinajstić information content (AvgIpc) is 3.41. The quantitative estimate of drug-likeness (QED) is 0.368. The number of anilines is 1. The van der Waals surface area contributed by atoms with Crippen molar-refractivity contribution in [3.8, 4) is 0 Å². The largest absolute Gasteiger partial charge is 0.417 e. The van der Waals surface area contributed by atoms with Crippen molar-refractivity contribution in [3.05, 3.63) is 58.9 Å². The number of hydrogen-bond donors (Lipinski definition) is 1. The Morgan fingerprint density at radius 3 is 2.51 bits per heavy atom. The van der Waals surface area contributed by atoms with Crippen LogP contribution in [0.1, 0.15) is 49.3 Å². The molecule has 0 bridgehead atoms. The van der Waals surface area contributed by atoms with E-state index >= 15 is 0 Å². The lowest BCUT2D eigenvalue weighted by molar-refractivity contribution is -0.140. The number of H-pyrrole nitrogens is 1. The number of halogens is 4. The molecule has 1 aliphatic carbocycles. The number of hydrogen-bond acceptors (Lipinski definition) is 4. The molecule has 1 aliphatic heterocycles. The lowest BCUT2D eigenvalue weighted by atomic mass is 9.77. The summed E-state index contributed by atoms with van der Waals surface area (Å²) in [6.45, 7) is 0. The minimum atomic E-state index is -4.75. The van der Waals surface area contributed by atoms with Gasteiger partial charge in [0.2, 0.25) is 5.78 Å². The monoisotopic (exact) mass is 503 g/mol. The van der Waals surface area contributed by atoms with Crippen LogP contribution in [0.3, 0.4) is 0 Å². The molecule has 2 heterocycles. The fraction of sp³-hybridized carbons (Fsp3) is 0.360. The molecule has 2 aromatic carbocycles. The van der Waals surface area contributed by atoms with Gasteiger partial charge in [-0.1, -0.05) is 36.9 Å². The molecular formula is C25H21ClF3N3O3. The fourth-order valence-electron chi connectivity index (χ4n) is 5.23. The third-order valence-corrected chi connectivity index (χ3v) is 7.27. The van der Waals surface area contributed by atoms with Crippen molar-refractivity contribution >= 4 is 45.8 Å². The molecule has 6 nitrogen and oxygen atoms in total. The van der Waals surface area contributed by atoms with Gasteiger partial charge in [0, 0.05) is 11.6 Å². The maximum atomic E-state index is 13.7. The van der Waals surface area contributed by atoms with E-state index in [1.807, 2.05) is 0 Å². The first-order valence-electron chi connectivity index (χ1n) is 11.4. The second-order valence-electron chi connectivity index (χ2n) is 9.04. The Hall–Kier alpha value is -3.20. The van der Waals surface area contributed by atoms with Gasteiger partial charge in [0.05, 0.1) is 34.0 Å². The number of amides is 1. The van der Waals surface area contributed by atoms with Crippen molar-refractivity contribution in [3.63, 3.8) is 0 Å². The highest BCUT2D eigenvalue weighted by Crippen LogP contribution is 2.45. The molecule has 10 heteroatoms. The number of rotatable bonds is 4. The minimum Gasteiger partial charge on any atom is -0.345 e. The molecule has 1 N–H and O–H groups in total. The summed E-state index contributed by atoms with van der Waals surface area (Å²) in [4.78, 5) is 48.3. The van der Waals surface area contributed by atoms with Crippen LogP contribution in [0.2, 0.25) is 5.02 Å². The van der Waals surface area contributed by atoms with E-state index in [9.17, 15) is 27.6 Å². The molecule has 5 rings (SSSR count). The lowest BCUT2D eigenvalue weighted by Crippen LogP contribution is -2.34. The van der Waals surface area contributed by atoms with Gasteiger partial charge in [-0.15, -0.1) is 0 Å². The summed E-state index contributed by atoms with van der Waals surface area (Å²) < 4.78 is 41.0. The Balaban J connectivity index is 1.66. The molecule has 35 heavy (non-hydrogen) atoms. The van der Waals surface area contributed by atoms with Gasteiger partial charge in [0.1, 0.15) is 11.7 Å². The van der Waals surface area contributed by atoms with E-state index in [0.717, 1.165) is 36.3 Å². The molecule has 1 aromatic heterocycles. The van der Waals surface area contributed by atoms with E-state index < -0.39 is 46.3 Å². The molecule has 2 atom stereocenters. The zero-order valence-corrected chi connectivity index (χ0v) is 19.2. The van der Waals surface area contributed by atoms with E-state index in [2.05, 4.69) is 9.97 Å². The van der Waals surface area contributed by atoms with Crippen molar-refractivity contribution in [2.75, 3.05) is 4.90 Å². The highest BCUT2D eigenvalue weighted by molar-refractivity contribution is 6.48. The SMILES string of the molecule is O=C1C(=O)N(c2ccc3nc[nH]c3c2)C(c2ccc(Cl)c(C(F)(F)F)c2)C1C(=O)C1CCCCC1. The summed E-state index contributed by atoms with van der Waals surface area (Å²) in [5.74, 6) is -4.02. The average molecular weight is 504 g/mol. The van der Waals surface area contributed by atoms with Gasteiger partial charge < -0.3 is 4.98 Å². The number of alkyl halides is 3. The third kappa shape index (κ3) is 4.11. The Labute approximate surface area is 203 Å². The highest BCUT2D eigenvalue weighted by Gasteiger charge is 2.53. The van der Waals surface area contributed by atoms with E-state index in [1.165, 1.54) is 12.4 Å². The summed E-state index contributed by atoms with van der Waals surface area (Å²) in [5.41, 5.74) is 0.420. The normalized spacial score (nSPS) is 21.8. The number of fused-ring (bicyclic) bond motifs is 1. The summed E-state index contributed by atoms with van der Waals surface area (Å²) in [5, 5.41) is -0.502. The smallest absolute Gasteiger partial charge is 0.345 e. The first-order chi connectivity index (χ1) is 16.7. The number of aromatic amines is 1. The van der Waals surface area contributed by atoms with E-state index in [0.29, 0.717) is 23.9 Å². The van der Waals surface area contributed by atoms with Crippen molar-refractivity contribution in [2.24, 2.45) is 11.8 Å². The van der Waals surface area contributed by atoms with E-state index in [4.69, 9.17) is 11.6 Å². The number of nitrogens with one attached hydrogen (secondary N) is 1. The number of ketones is 2. The number of benzene rings is 2. The predicted octanol–water partition coefficient (Wildman–Crippen LogP) is 5.66. The van der Waals surface area contributed by atoms with Crippen LogP contribution < -0.4 is 4.90 Å². The summed E-state index contributed by atoms with van der Waals surface area (Å²) >= 11 is 5.83. The van der Waals surface area contributed by atoms with Crippen LogP contribution in [0.25, 0.3) is 11.0 Å². The van der Waals surface area contributed by atoms with E-state index in [-0.39, 0.29) is 17.0 Å². The van der Waals surface area contributed by atoms with Gasteiger partial charge in [-0.2, -0.15) is 13.2 Å². The number of carbonyl (C=O) groups is 3. The van der Waals surface area contributed by atoms with Crippen LogP contribution in [-0.4, -0.2) is 27.4 Å². The topological polar surface area (TPSA) is 83.1 Å². The van der Waals surface area contributed by atoms with Crippen molar-refractivity contribution in [2.45, 2.75) is 44.3 Å². The molecule has 2 unspecified atom stereocenters. The van der Waals surface area contributed by atoms with Gasteiger partial charge in [-0.05, 0) is 48.7 Å². The maximum absolute atomic E-state index is 13.7. The van der Waals surface area contributed by atoms with Gasteiger partial charge >= 0.3 is 6.18 Å². The Morgan fingerprint density at radius 1 is 1.06 bits per heavy atom. The second kappa shape index (κ2) is 8.78. The zero-order valence-electron chi connectivity index (χ0n) is 18.4. The molecule has 0 radical (unpaired) electrons. The molecule has 0 spiro atoms. The molecule has 1 saturated heterocycles. The zero-order chi connectivity index (χ0) is 24.9. The molecule has 3 aromatic rings. The second-order valence-corrected chi connectivity index (χ2v) is 9.45. The van der Waals surface area contributed by atoms with Crippen molar-refractivity contribution in [1.29, 1.82) is 0 Å². The first kappa shape index (κ1) is 23.5. The number of aromatic nitrogens is 2. The molecule has 1 amide bonds. The minimum absolute atomic E-state index is 0.0276. The molecule has 182 valence electrons. The van der Waals surface area contributed by atoms with Crippen molar-refractivity contribution < 1.29 is 27.6 Å². The standard InChI is InChI=1S/C25H21ClF3N3O3/c26-17-8-6-14(10-16(17)25(27,28)29)21-20(22(33)13-4-2-1-3-5-13)23(34)24(35)32(21)15-7-9-18-19(11-15)31-12-30-18/h6-13,20-21H,1-5H2,(H,30,31). The molecule has 2 fully saturated rings. The number of nitrogens with zero attached hydrogens (tertiary/aromatic N) is 2. The van der Waals surface area contributed by atoms with Crippen LogP contribution in [-0.2, 0) is 20.6 Å². The van der Waals surface area contributed by atoms with Crippen LogP contribution in [0, 0.1) is 11.8 Å². The Morgan fingerprint density at radius 2 is 1.80 bits per heavy atom. The molecular weight excluding hydrogens is 483 g/mol. The number of Topliss-reactive ketones (excluding diaryl/α,β-unsaturated/α-hetero) is 2. The Bertz CT molecular complexity index is 1330. The first-order valence-corrected chi connectivity index (χ1v) is 11.8. The van der Waals surface area contributed by atoms with E-state index in [1.54, 1.807) is 18.2 Å². The van der Waals surface area contributed by atoms with Gasteiger partial charge in [-0.3, -0.25) is 19.3 Å². The fourth-order valence-corrected chi connectivity index (χ4v) is 5.46. The lowest BCUT2D eigenvalue weighted by Gasteiger charge is -2.30. The van der Waals surface area contributed by atoms with Crippen LogP contribution in [0.5, 0.6) is 0 Å². The summed E-state index contributed by atoms with van der Waals surface area (Å²) in [6, 6.07) is 6.84. The summed E-state index contributed by atoms with van der Waals surface area (Å²) in [6.07, 6.45) is 0.545. The maximum Gasteiger partial charge on any atom is 0.417 e. The van der Waals surface area contributed by atoms with Crippen LogP contribution in [0.4, 0.5) is 18.9 Å². The number of carbonyl (C=O) groups excluding carboxylic acids is 3. The van der Waals surface area contributed by atoms with Crippen molar-refractivity contribution in [1.82, 2.24) is 9.97 Å². The number of imidazole rings is 1. The molecule has 2 aliphatic rings. The van der Waals surface area contributed by atoms with Crippen LogP contribution >= 0.6 is 11.6 Å². The van der Waals surface area contributed by atoms with Gasteiger partial charge in [0.25, 0.3) is 5.91 Å². The molecule has 1 saturated carbocycles. The van der Waals surface area contributed by atoms with Gasteiger partial charge in [-0.25, -0.2) is 4.98 Å². The summed E-state index contributed by atoms with van der Waals surface area (Å²) in [7, 11) is 0. The predicted molar refractivity (Wildman–Crippen MR) is 123 cm³/mol. The third-order valence-electron chi connectivity index (χ3n) is 6.94. The Kier molecular flexibility index (Phi) is 5.91. The van der Waals surface area contributed by atoms with Crippen LogP contribution in [0.15, 0.2) is 42.7 Å².